The number of hydrogen-bond acceptors (Lipinski definition) is 7. The maximum absolute atomic E-state index is 13.3. The summed E-state index contributed by atoms with van der Waals surface area (Å²) < 4.78 is 10.3. The summed E-state index contributed by atoms with van der Waals surface area (Å²) >= 11 is 1.22. The van der Waals surface area contributed by atoms with Gasteiger partial charge >= 0.3 is 5.97 Å². The summed E-state index contributed by atoms with van der Waals surface area (Å²) in [5.41, 5.74) is 2.13. The molecule has 2 aromatic heterocycles. The van der Waals surface area contributed by atoms with Crippen LogP contribution in [0.15, 0.2) is 4.52 Å². The van der Waals surface area contributed by atoms with Crippen molar-refractivity contribution in [3.63, 3.8) is 0 Å². The highest BCUT2D eigenvalue weighted by Gasteiger charge is 2.39. The van der Waals surface area contributed by atoms with Gasteiger partial charge < -0.3 is 9.26 Å². The zero-order valence-corrected chi connectivity index (χ0v) is 16.5. The highest BCUT2D eigenvalue weighted by molar-refractivity contribution is 7.17. The van der Waals surface area contributed by atoms with Gasteiger partial charge in [0.25, 0.3) is 0 Å². The number of aromatic nitrogens is 2. The fourth-order valence-electron chi connectivity index (χ4n) is 3.07. The number of rotatable bonds is 6. The Labute approximate surface area is 156 Å². The van der Waals surface area contributed by atoms with Crippen LogP contribution in [0.1, 0.15) is 65.0 Å². The fourth-order valence-corrected chi connectivity index (χ4v) is 4.11. The van der Waals surface area contributed by atoms with Crippen molar-refractivity contribution in [1.82, 2.24) is 10.1 Å². The van der Waals surface area contributed by atoms with E-state index in [1.807, 2.05) is 20.8 Å². The van der Waals surface area contributed by atoms with Gasteiger partial charge in [-0.05, 0) is 47.5 Å². The Kier molecular flexibility index (Phi) is 5.13. The molecular weight excluding hydrogens is 354 g/mol. The van der Waals surface area contributed by atoms with Crippen molar-refractivity contribution in [2.45, 2.75) is 59.4 Å². The Morgan fingerprint density at radius 1 is 1.31 bits per heavy atom. The number of aryl methyl sites for hydroxylation is 3. The van der Waals surface area contributed by atoms with Crippen LogP contribution in [0, 0.1) is 20.8 Å². The zero-order valence-electron chi connectivity index (χ0n) is 15.7. The molecule has 0 radical (unpaired) electrons. The molecule has 1 unspecified atom stereocenters. The van der Waals surface area contributed by atoms with Crippen molar-refractivity contribution < 1.29 is 18.8 Å². The van der Waals surface area contributed by atoms with Crippen molar-refractivity contribution in [3.05, 3.63) is 27.6 Å². The molecule has 140 valence electrons. The van der Waals surface area contributed by atoms with Crippen molar-refractivity contribution in [3.8, 4) is 0 Å². The fraction of sp³-hybridized carbons (Fsp3) is 0.556. The topological polar surface area (TPSA) is 85.5 Å². The van der Waals surface area contributed by atoms with E-state index in [1.54, 1.807) is 18.7 Å². The maximum atomic E-state index is 13.3. The quantitative estimate of drug-likeness (QED) is 0.716. The minimum Gasteiger partial charge on any atom is -0.462 e. The second kappa shape index (κ2) is 7.19. The van der Waals surface area contributed by atoms with Gasteiger partial charge in [-0.3, -0.25) is 9.69 Å². The molecular formula is C18H23N3O4S. The van der Waals surface area contributed by atoms with Crippen LogP contribution in [0.2, 0.25) is 0 Å². The second-order valence-electron chi connectivity index (χ2n) is 6.53. The summed E-state index contributed by atoms with van der Waals surface area (Å²) in [6.07, 6.45) is 1.88. The highest BCUT2D eigenvalue weighted by Crippen LogP contribution is 2.38. The third-order valence-electron chi connectivity index (χ3n) is 4.49. The van der Waals surface area contributed by atoms with Crippen LogP contribution in [0.3, 0.4) is 0 Å². The first-order valence-corrected chi connectivity index (χ1v) is 9.57. The van der Waals surface area contributed by atoms with Gasteiger partial charge in [-0.2, -0.15) is 0 Å². The van der Waals surface area contributed by atoms with Crippen molar-refractivity contribution in [2.24, 2.45) is 0 Å². The van der Waals surface area contributed by atoms with Gasteiger partial charge in [0.05, 0.1) is 23.9 Å². The largest absolute Gasteiger partial charge is 0.462 e. The van der Waals surface area contributed by atoms with Gasteiger partial charge in [0.15, 0.2) is 5.13 Å². The van der Waals surface area contributed by atoms with Crippen LogP contribution in [-0.2, 0) is 9.53 Å². The summed E-state index contributed by atoms with van der Waals surface area (Å²) in [6.45, 7) is 9.34. The Balaban J connectivity index is 1.92. The molecule has 1 aliphatic carbocycles. The minimum atomic E-state index is -0.393. The molecule has 8 heteroatoms. The molecule has 7 nitrogen and oxygen atoms in total. The zero-order chi connectivity index (χ0) is 19.0. The third-order valence-corrected chi connectivity index (χ3v) is 5.63. The Morgan fingerprint density at radius 3 is 2.54 bits per heavy atom. The molecule has 0 saturated heterocycles. The SMILES string of the molecule is CCOC(=O)c1sc(N(C(=O)C(C)c2c(C)noc2C)C2CC2)nc1C. The van der Waals surface area contributed by atoms with Gasteiger partial charge in [0.1, 0.15) is 10.6 Å². The van der Waals surface area contributed by atoms with E-state index in [0.29, 0.717) is 28.1 Å². The van der Waals surface area contributed by atoms with E-state index >= 15 is 0 Å². The number of thiazole rings is 1. The number of nitrogens with zero attached hydrogens (tertiary/aromatic N) is 3. The van der Waals surface area contributed by atoms with Crippen LogP contribution < -0.4 is 4.90 Å². The summed E-state index contributed by atoms with van der Waals surface area (Å²) in [4.78, 5) is 32.0. The third kappa shape index (κ3) is 3.38. The van der Waals surface area contributed by atoms with E-state index in [0.717, 1.165) is 24.1 Å². The van der Waals surface area contributed by atoms with Gasteiger partial charge in [0, 0.05) is 11.6 Å². The molecule has 0 N–H and O–H groups in total. The van der Waals surface area contributed by atoms with Crippen molar-refractivity contribution in [1.29, 1.82) is 0 Å². The van der Waals surface area contributed by atoms with Gasteiger partial charge in [-0.25, -0.2) is 9.78 Å². The van der Waals surface area contributed by atoms with E-state index in [-0.39, 0.29) is 11.9 Å². The van der Waals surface area contributed by atoms with Gasteiger partial charge in [0.2, 0.25) is 5.91 Å². The number of carbonyl (C=O) groups is 2. The molecule has 1 amide bonds. The lowest BCUT2D eigenvalue weighted by Gasteiger charge is -2.23. The van der Waals surface area contributed by atoms with Crippen LogP contribution >= 0.6 is 11.3 Å². The molecule has 2 heterocycles. The molecule has 0 spiro atoms. The first kappa shape index (κ1) is 18.6. The van der Waals surface area contributed by atoms with E-state index in [1.165, 1.54) is 11.3 Å². The molecule has 1 atom stereocenters. The second-order valence-corrected chi connectivity index (χ2v) is 7.51. The molecule has 2 aromatic rings. The molecule has 1 saturated carbocycles. The molecule has 1 aliphatic rings. The lowest BCUT2D eigenvalue weighted by molar-refractivity contribution is -0.119. The van der Waals surface area contributed by atoms with E-state index < -0.39 is 11.9 Å². The summed E-state index contributed by atoms with van der Waals surface area (Å²) in [7, 11) is 0. The average molecular weight is 377 g/mol. The Morgan fingerprint density at radius 2 is 2.00 bits per heavy atom. The number of esters is 1. The first-order valence-electron chi connectivity index (χ1n) is 8.75. The molecule has 0 aliphatic heterocycles. The predicted molar refractivity (Wildman–Crippen MR) is 97.7 cm³/mol. The number of anilines is 1. The number of carbonyl (C=O) groups excluding carboxylic acids is 2. The molecule has 0 aromatic carbocycles. The maximum Gasteiger partial charge on any atom is 0.350 e. The van der Waals surface area contributed by atoms with Crippen LogP contribution in [0.4, 0.5) is 5.13 Å². The van der Waals surface area contributed by atoms with Crippen LogP contribution in [0.5, 0.6) is 0 Å². The van der Waals surface area contributed by atoms with E-state index in [4.69, 9.17) is 9.26 Å². The van der Waals surface area contributed by atoms with Gasteiger partial charge in [-0.15, -0.1) is 0 Å². The lowest BCUT2D eigenvalue weighted by atomic mass is 9.98. The predicted octanol–water partition coefficient (Wildman–Crippen LogP) is 3.53. The standard InChI is InChI=1S/C18H23N3O4S/c1-6-24-17(23)15-11(4)19-18(26-15)21(13-7-8-13)16(22)9(2)14-10(3)20-25-12(14)5/h9,13H,6-8H2,1-5H3. The smallest absolute Gasteiger partial charge is 0.350 e. The number of ether oxygens (including phenoxy) is 1. The number of hydrogen-bond donors (Lipinski definition) is 0. The Hall–Kier alpha value is -2.22. The van der Waals surface area contributed by atoms with Crippen LogP contribution in [-0.4, -0.2) is 34.7 Å². The molecule has 3 rings (SSSR count). The van der Waals surface area contributed by atoms with Crippen molar-refractivity contribution in [2.75, 3.05) is 11.5 Å². The lowest BCUT2D eigenvalue weighted by Crippen LogP contribution is -2.36. The van der Waals surface area contributed by atoms with Crippen molar-refractivity contribution >= 4 is 28.3 Å². The average Bonchev–Trinajstić information content (AvgIpc) is 3.26. The summed E-state index contributed by atoms with van der Waals surface area (Å²) in [5.74, 6) is -0.180. The Bertz CT molecular complexity index is 818. The monoisotopic (exact) mass is 377 g/mol. The molecule has 0 bridgehead atoms. The summed E-state index contributed by atoms with van der Waals surface area (Å²) in [5, 5.41) is 4.51. The number of amides is 1. The highest BCUT2D eigenvalue weighted by atomic mass is 32.1. The minimum absolute atomic E-state index is 0.0499. The normalized spacial score (nSPS) is 15.0. The summed E-state index contributed by atoms with van der Waals surface area (Å²) in [6, 6.07) is 0.131. The molecule has 26 heavy (non-hydrogen) atoms. The molecule has 1 fully saturated rings. The van der Waals surface area contributed by atoms with Crippen LogP contribution in [0.25, 0.3) is 0 Å². The first-order chi connectivity index (χ1) is 12.3. The van der Waals surface area contributed by atoms with E-state index in [2.05, 4.69) is 10.1 Å². The van der Waals surface area contributed by atoms with Gasteiger partial charge in [-0.1, -0.05) is 16.5 Å². The van der Waals surface area contributed by atoms with E-state index in [9.17, 15) is 9.59 Å².